The van der Waals surface area contributed by atoms with Crippen LogP contribution in [-0.2, 0) is 14.3 Å². The number of aldehydes is 1. The van der Waals surface area contributed by atoms with Gasteiger partial charge in [-0.25, -0.2) is 0 Å². The van der Waals surface area contributed by atoms with Crippen molar-refractivity contribution in [1.82, 2.24) is 0 Å². The molecule has 11 heavy (non-hydrogen) atoms. The Hall–Kier alpha value is -0.860. The second-order valence-electron chi connectivity index (χ2n) is 2.52. The lowest BCUT2D eigenvalue weighted by Gasteiger charge is -2.05. The molecule has 0 heterocycles. The van der Waals surface area contributed by atoms with Gasteiger partial charge >= 0.3 is 5.97 Å². The summed E-state index contributed by atoms with van der Waals surface area (Å²) in [6.07, 6.45) is 1.59. The zero-order valence-corrected chi connectivity index (χ0v) is 7.00. The topological polar surface area (TPSA) is 43.4 Å². The van der Waals surface area contributed by atoms with E-state index in [1.807, 2.05) is 6.92 Å². The summed E-state index contributed by atoms with van der Waals surface area (Å²) in [5.41, 5.74) is 0. The van der Waals surface area contributed by atoms with Gasteiger partial charge in [0.05, 0.1) is 6.61 Å². The van der Waals surface area contributed by atoms with Crippen LogP contribution >= 0.6 is 0 Å². The van der Waals surface area contributed by atoms with Crippen molar-refractivity contribution in [3.8, 4) is 0 Å². The number of carbonyl (C=O) groups excluding carboxylic acids is 2. The molecule has 0 aromatic rings. The molecule has 0 saturated carbocycles. The molecule has 0 spiro atoms. The predicted molar refractivity (Wildman–Crippen MR) is 41.1 cm³/mol. The highest BCUT2D eigenvalue weighted by atomic mass is 16.5. The van der Waals surface area contributed by atoms with Gasteiger partial charge in [-0.3, -0.25) is 4.79 Å². The molecule has 0 aliphatic carbocycles. The molecule has 0 fully saturated rings. The van der Waals surface area contributed by atoms with Crippen LogP contribution in [-0.4, -0.2) is 18.9 Å². The third-order valence-electron chi connectivity index (χ3n) is 1.32. The predicted octanol–water partition coefficient (Wildman–Crippen LogP) is 1.16. The van der Waals surface area contributed by atoms with Gasteiger partial charge in [0.25, 0.3) is 0 Å². The average molecular weight is 158 g/mol. The normalized spacial score (nSPS) is 12.2. The Bertz CT molecular complexity index is 131. The second kappa shape index (κ2) is 5.89. The molecule has 0 bridgehead atoms. The number of carbonyl (C=O) groups is 2. The molecule has 0 aromatic carbocycles. The van der Waals surface area contributed by atoms with Crippen LogP contribution in [0.2, 0.25) is 0 Å². The maximum absolute atomic E-state index is 10.8. The lowest BCUT2D eigenvalue weighted by molar-refractivity contribution is -0.144. The molecule has 0 rings (SSSR count). The first-order chi connectivity index (χ1) is 5.20. The highest BCUT2D eigenvalue weighted by Gasteiger charge is 2.08. The molecule has 0 aliphatic rings. The van der Waals surface area contributed by atoms with Crippen LogP contribution in [0.25, 0.3) is 0 Å². The zero-order valence-electron chi connectivity index (χ0n) is 7.00. The first-order valence-corrected chi connectivity index (χ1v) is 3.80. The van der Waals surface area contributed by atoms with Crippen LogP contribution in [0.15, 0.2) is 0 Å². The molecule has 0 saturated heterocycles. The van der Waals surface area contributed by atoms with Crippen molar-refractivity contribution < 1.29 is 14.3 Å². The van der Waals surface area contributed by atoms with Crippen LogP contribution in [0.4, 0.5) is 0 Å². The molecule has 0 amide bonds. The van der Waals surface area contributed by atoms with Gasteiger partial charge < -0.3 is 9.53 Å². The minimum absolute atomic E-state index is 0.103. The lowest BCUT2D eigenvalue weighted by Crippen LogP contribution is -2.09. The standard InChI is InChI=1S/C8H14O3/c1-3-11-8(10)6-7(2)4-5-9/h5,7H,3-4,6H2,1-2H3/t7-/m1/s1. The van der Waals surface area contributed by atoms with Crippen molar-refractivity contribution in [2.75, 3.05) is 6.61 Å². The van der Waals surface area contributed by atoms with E-state index in [4.69, 9.17) is 4.74 Å². The van der Waals surface area contributed by atoms with E-state index in [0.717, 1.165) is 6.29 Å². The SMILES string of the molecule is CCOC(=O)C[C@H](C)CC=O. The average Bonchev–Trinajstić information content (AvgIpc) is 1.87. The number of hydrogen-bond acceptors (Lipinski definition) is 3. The fourth-order valence-electron chi connectivity index (χ4n) is 0.752. The molecule has 1 atom stereocenters. The summed E-state index contributed by atoms with van der Waals surface area (Å²) in [6, 6.07) is 0. The summed E-state index contributed by atoms with van der Waals surface area (Å²) in [5, 5.41) is 0. The fourth-order valence-corrected chi connectivity index (χ4v) is 0.752. The van der Waals surface area contributed by atoms with Crippen molar-refractivity contribution in [2.24, 2.45) is 5.92 Å². The maximum Gasteiger partial charge on any atom is 0.306 e. The smallest absolute Gasteiger partial charge is 0.306 e. The van der Waals surface area contributed by atoms with Gasteiger partial charge in [-0.05, 0) is 12.8 Å². The first kappa shape index (κ1) is 10.1. The molecule has 0 N–H and O–H groups in total. The van der Waals surface area contributed by atoms with Gasteiger partial charge in [0.1, 0.15) is 6.29 Å². The highest BCUT2D eigenvalue weighted by Crippen LogP contribution is 2.05. The van der Waals surface area contributed by atoms with E-state index in [1.165, 1.54) is 0 Å². The van der Waals surface area contributed by atoms with Crippen LogP contribution in [0.1, 0.15) is 26.7 Å². The highest BCUT2D eigenvalue weighted by molar-refractivity contribution is 5.70. The Morgan fingerprint density at radius 1 is 1.64 bits per heavy atom. The molecule has 0 unspecified atom stereocenters. The van der Waals surface area contributed by atoms with E-state index < -0.39 is 0 Å². The first-order valence-electron chi connectivity index (χ1n) is 3.80. The third-order valence-corrected chi connectivity index (χ3v) is 1.32. The summed E-state index contributed by atoms with van der Waals surface area (Å²) in [4.78, 5) is 20.8. The molecule has 3 heteroatoms. The van der Waals surface area contributed by atoms with E-state index in [2.05, 4.69) is 0 Å². The van der Waals surface area contributed by atoms with Crippen molar-refractivity contribution in [2.45, 2.75) is 26.7 Å². The van der Waals surface area contributed by atoms with Gasteiger partial charge in [0, 0.05) is 12.8 Å². The molecule has 3 nitrogen and oxygen atoms in total. The molecule has 64 valence electrons. The van der Waals surface area contributed by atoms with E-state index >= 15 is 0 Å². The molecule has 0 radical (unpaired) electrons. The van der Waals surface area contributed by atoms with Crippen LogP contribution in [0, 0.1) is 5.92 Å². The van der Waals surface area contributed by atoms with Gasteiger partial charge in [-0.1, -0.05) is 6.92 Å². The fraction of sp³-hybridized carbons (Fsp3) is 0.750. The van der Waals surface area contributed by atoms with Gasteiger partial charge in [-0.2, -0.15) is 0 Å². The summed E-state index contributed by atoms with van der Waals surface area (Å²) in [7, 11) is 0. The molecule has 0 aromatic heterocycles. The lowest BCUT2D eigenvalue weighted by atomic mass is 10.1. The summed E-state index contributed by atoms with van der Waals surface area (Å²) < 4.78 is 4.70. The third kappa shape index (κ3) is 5.58. The minimum Gasteiger partial charge on any atom is -0.466 e. The Labute approximate surface area is 66.7 Å². The number of esters is 1. The number of rotatable bonds is 5. The molecular formula is C8H14O3. The zero-order chi connectivity index (χ0) is 8.69. The maximum atomic E-state index is 10.8. The second-order valence-corrected chi connectivity index (χ2v) is 2.52. The van der Waals surface area contributed by atoms with Crippen molar-refractivity contribution in [1.29, 1.82) is 0 Å². The Kier molecular flexibility index (Phi) is 5.43. The number of ether oxygens (including phenoxy) is 1. The summed E-state index contributed by atoms with van der Waals surface area (Å²) >= 11 is 0. The Morgan fingerprint density at radius 3 is 2.73 bits per heavy atom. The number of hydrogen-bond donors (Lipinski definition) is 0. The monoisotopic (exact) mass is 158 g/mol. The van der Waals surface area contributed by atoms with Gasteiger partial charge in [0.15, 0.2) is 0 Å². The van der Waals surface area contributed by atoms with E-state index in [9.17, 15) is 9.59 Å². The van der Waals surface area contributed by atoms with E-state index in [-0.39, 0.29) is 11.9 Å². The van der Waals surface area contributed by atoms with Gasteiger partial charge in [-0.15, -0.1) is 0 Å². The quantitative estimate of drug-likeness (QED) is 0.445. The minimum atomic E-state index is -0.221. The van der Waals surface area contributed by atoms with Crippen molar-refractivity contribution in [3.63, 3.8) is 0 Å². The van der Waals surface area contributed by atoms with Crippen molar-refractivity contribution in [3.05, 3.63) is 0 Å². The Morgan fingerprint density at radius 2 is 2.27 bits per heavy atom. The van der Waals surface area contributed by atoms with Crippen LogP contribution in [0.5, 0.6) is 0 Å². The Balaban J connectivity index is 3.48. The van der Waals surface area contributed by atoms with Crippen molar-refractivity contribution >= 4 is 12.3 Å². The summed E-state index contributed by atoms with van der Waals surface area (Å²) in [6.45, 7) is 4.03. The molecule has 0 aliphatic heterocycles. The van der Waals surface area contributed by atoms with Gasteiger partial charge in [0.2, 0.25) is 0 Å². The largest absolute Gasteiger partial charge is 0.466 e. The van der Waals surface area contributed by atoms with Crippen LogP contribution in [0.3, 0.4) is 0 Å². The summed E-state index contributed by atoms with van der Waals surface area (Å²) in [5.74, 6) is -0.117. The van der Waals surface area contributed by atoms with Crippen LogP contribution < -0.4 is 0 Å². The molecular weight excluding hydrogens is 144 g/mol. The van der Waals surface area contributed by atoms with E-state index in [0.29, 0.717) is 19.4 Å². The van der Waals surface area contributed by atoms with E-state index in [1.54, 1.807) is 6.92 Å².